The van der Waals surface area contributed by atoms with Crippen molar-refractivity contribution in [1.82, 2.24) is 14.8 Å². The number of carbonyl (C=O) groups excluding carboxylic acids is 2. The Bertz CT molecular complexity index is 980. The molecule has 1 unspecified atom stereocenters. The first-order valence-corrected chi connectivity index (χ1v) is 11.4. The summed E-state index contributed by atoms with van der Waals surface area (Å²) in [6, 6.07) is 9.07. The lowest BCUT2D eigenvalue weighted by Gasteiger charge is -2.24. The number of aromatic nitrogens is 1. The average molecular weight is 440 g/mol. The van der Waals surface area contributed by atoms with Crippen LogP contribution in [0.5, 0.6) is 0 Å². The van der Waals surface area contributed by atoms with Gasteiger partial charge < -0.3 is 19.9 Å². The molecule has 32 heavy (non-hydrogen) atoms. The van der Waals surface area contributed by atoms with Gasteiger partial charge in [-0.3, -0.25) is 14.4 Å². The van der Waals surface area contributed by atoms with Crippen LogP contribution in [0.2, 0.25) is 0 Å². The van der Waals surface area contributed by atoms with E-state index >= 15 is 0 Å². The third kappa shape index (κ3) is 5.85. The number of hydrogen-bond donors (Lipinski definition) is 2. The highest BCUT2D eigenvalue weighted by atomic mass is 16.3. The number of nitrogens with one attached hydrogen (secondary N) is 1. The summed E-state index contributed by atoms with van der Waals surface area (Å²) in [7, 11) is 1.55. The van der Waals surface area contributed by atoms with Crippen LogP contribution in [0, 0.1) is 5.92 Å². The molecule has 0 spiro atoms. The molecule has 1 saturated carbocycles. The third-order valence-electron chi connectivity index (χ3n) is 6.06. The van der Waals surface area contributed by atoms with Gasteiger partial charge in [-0.15, -0.1) is 0 Å². The summed E-state index contributed by atoms with van der Waals surface area (Å²) in [5.41, 5.74) is 0.0395. The quantitative estimate of drug-likeness (QED) is 0.662. The minimum Gasteiger partial charge on any atom is -0.387 e. The lowest BCUT2D eigenvalue weighted by atomic mass is 9.89. The summed E-state index contributed by atoms with van der Waals surface area (Å²) in [5.74, 6) is -0.515. The van der Waals surface area contributed by atoms with Gasteiger partial charge in [0, 0.05) is 32.5 Å². The summed E-state index contributed by atoms with van der Waals surface area (Å²) in [5, 5.41) is 13.2. The Hall–Kier alpha value is -2.93. The van der Waals surface area contributed by atoms with Crippen LogP contribution in [0.15, 0.2) is 47.5 Å². The van der Waals surface area contributed by atoms with Crippen LogP contribution < -0.4 is 10.7 Å². The third-order valence-corrected chi connectivity index (χ3v) is 6.06. The monoisotopic (exact) mass is 439 g/mol. The molecule has 0 aliphatic heterocycles. The van der Waals surface area contributed by atoms with Crippen molar-refractivity contribution in [3.63, 3.8) is 0 Å². The first-order chi connectivity index (χ1) is 15.4. The number of benzene rings is 1. The molecular weight excluding hydrogens is 406 g/mol. The molecule has 1 aliphatic carbocycles. The van der Waals surface area contributed by atoms with E-state index in [-0.39, 0.29) is 17.7 Å². The fourth-order valence-electron chi connectivity index (χ4n) is 4.30. The zero-order chi connectivity index (χ0) is 23.1. The molecule has 0 radical (unpaired) electrons. The molecule has 1 fully saturated rings. The van der Waals surface area contributed by atoms with E-state index in [4.69, 9.17) is 0 Å². The number of amides is 2. The summed E-state index contributed by atoms with van der Waals surface area (Å²) >= 11 is 0. The van der Waals surface area contributed by atoms with E-state index < -0.39 is 23.3 Å². The number of nitrogens with zero attached hydrogens (tertiary/aromatic N) is 2. The van der Waals surface area contributed by atoms with Gasteiger partial charge in [-0.2, -0.15) is 0 Å². The largest absolute Gasteiger partial charge is 0.387 e. The molecule has 0 saturated heterocycles. The van der Waals surface area contributed by atoms with Gasteiger partial charge in [-0.05, 0) is 31.2 Å². The first-order valence-electron chi connectivity index (χ1n) is 11.4. The molecule has 1 heterocycles. The van der Waals surface area contributed by atoms with Crippen LogP contribution in [0.1, 0.15) is 71.4 Å². The molecule has 1 aromatic heterocycles. The molecule has 2 aromatic rings. The van der Waals surface area contributed by atoms with Crippen LogP contribution in [-0.4, -0.2) is 46.5 Å². The number of likely N-dealkylation sites (N-methyl/N-ethyl adjacent to an activating group) is 1. The van der Waals surface area contributed by atoms with Gasteiger partial charge in [0.05, 0.1) is 12.6 Å². The number of hydrogen-bond acceptors (Lipinski definition) is 4. The van der Waals surface area contributed by atoms with Crippen molar-refractivity contribution < 1.29 is 14.7 Å². The van der Waals surface area contributed by atoms with Gasteiger partial charge in [-0.25, -0.2) is 0 Å². The van der Waals surface area contributed by atoms with Crippen LogP contribution in [0.25, 0.3) is 0 Å². The number of aliphatic hydroxyl groups is 1. The zero-order valence-corrected chi connectivity index (χ0v) is 18.9. The van der Waals surface area contributed by atoms with E-state index in [1.165, 1.54) is 24.2 Å². The van der Waals surface area contributed by atoms with Gasteiger partial charge in [-0.1, -0.05) is 49.6 Å². The van der Waals surface area contributed by atoms with Gasteiger partial charge in [0.15, 0.2) is 0 Å². The van der Waals surface area contributed by atoms with Crippen LogP contribution in [-0.2, 0) is 6.54 Å². The second-order valence-electron chi connectivity index (χ2n) is 8.59. The second kappa shape index (κ2) is 11.1. The minimum absolute atomic E-state index is 0.0227. The van der Waals surface area contributed by atoms with Crippen LogP contribution >= 0.6 is 0 Å². The Morgan fingerprint density at radius 2 is 1.78 bits per heavy atom. The van der Waals surface area contributed by atoms with E-state index in [1.807, 2.05) is 22.8 Å². The SMILES string of the molecule is CCNC(=O)c1cn(CC2CCCCC2)cc(C(=O)N(C)CC(O)c2ccccc2)c1=O. The van der Waals surface area contributed by atoms with Crippen molar-refractivity contribution in [3.8, 4) is 0 Å². The fraction of sp³-hybridized carbons (Fsp3) is 0.480. The Kier molecular flexibility index (Phi) is 8.22. The highest BCUT2D eigenvalue weighted by Crippen LogP contribution is 2.25. The summed E-state index contributed by atoms with van der Waals surface area (Å²) in [6.07, 6.45) is 8.07. The maximum absolute atomic E-state index is 13.2. The van der Waals surface area contributed by atoms with Gasteiger partial charge in [0.2, 0.25) is 5.43 Å². The normalized spacial score (nSPS) is 15.2. The smallest absolute Gasteiger partial charge is 0.259 e. The first kappa shape index (κ1) is 23.7. The lowest BCUT2D eigenvalue weighted by Crippen LogP contribution is -2.38. The second-order valence-corrected chi connectivity index (χ2v) is 8.59. The Balaban J connectivity index is 1.87. The van der Waals surface area contributed by atoms with Crippen molar-refractivity contribution in [1.29, 1.82) is 0 Å². The lowest BCUT2D eigenvalue weighted by molar-refractivity contribution is 0.0678. The van der Waals surface area contributed by atoms with E-state index in [0.29, 0.717) is 24.6 Å². The molecule has 2 amide bonds. The molecule has 1 aliphatic rings. The number of pyridine rings is 1. The van der Waals surface area contributed by atoms with Gasteiger partial charge >= 0.3 is 0 Å². The molecule has 1 atom stereocenters. The van der Waals surface area contributed by atoms with Crippen molar-refractivity contribution >= 4 is 11.8 Å². The minimum atomic E-state index is -0.874. The topological polar surface area (TPSA) is 91.6 Å². The van der Waals surface area contributed by atoms with E-state index in [1.54, 1.807) is 38.5 Å². The maximum Gasteiger partial charge on any atom is 0.259 e. The predicted molar refractivity (Wildman–Crippen MR) is 124 cm³/mol. The Morgan fingerprint density at radius 3 is 2.44 bits per heavy atom. The Morgan fingerprint density at radius 1 is 1.12 bits per heavy atom. The van der Waals surface area contributed by atoms with Crippen molar-refractivity contribution in [2.45, 2.75) is 51.7 Å². The molecule has 3 rings (SSSR count). The van der Waals surface area contributed by atoms with E-state index in [2.05, 4.69) is 5.32 Å². The highest BCUT2D eigenvalue weighted by Gasteiger charge is 2.24. The number of aliphatic hydroxyl groups excluding tert-OH is 1. The van der Waals surface area contributed by atoms with Crippen molar-refractivity contribution in [2.75, 3.05) is 20.1 Å². The zero-order valence-electron chi connectivity index (χ0n) is 18.9. The van der Waals surface area contributed by atoms with Crippen molar-refractivity contribution in [2.24, 2.45) is 5.92 Å². The standard InChI is InChI=1S/C25H33N3O4/c1-3-26-24(31)20-15-28(14-18-10-6-4-7-11-18)16-21(23(20)30)25(32)27(2)17-22(29)19-12-8-5-9-13-19/h5,8-9,12-13,15-16,18,22,29H,3-4,6-7,10-11,14,17H2,1-2H3,(H,26,31). The molecule has 7 nitrogen and oxygen atoms in total. The van der Waals surface area contributed by atoms with Gasteiger partial charge in [0.1, 0.15) is 11.1 Å². The van der Waals surface area contributed by atoms with E-state index in [9.17, 15) is 19.5 Å². The van der Waals surface area contributed by atoms with E-state index in [0.717, 1.165) is 12.8 Å². The maximum atomic E-state index is 13.2. The van der Waals surface area contributed by atoms with Crippen LogP contribution in [0.4, 0.5) is 0 Å². The Labute approximate surface area is 189 Å². The molecule has 172 valence electrons. The predicted octanol–water partition coefficient (Wildman–Crippen LogP) is 2.98. The van der Waals surface area contributed by atoms with Gasteiger partial charge in [0.25, 0.3) is 11.8 Å². The number of carbonyl (C=O) groups is 2. The summed E-state index contributed by atoms with van der Waals surface area (Å²) < 4.78 is 1.82. The highest BCUT2D eigenvalue weighted by molar-refractivity contribution is 5.99. The molecule has 2 N–H and O–H groups in total. The summed E-state index contributed by atoms with van der Waals surface area (Å²) in [4.78, 5) is 40.1. The molecule has 1 aromatic carbocycles. The average Bonchev–Trinajstić information content (AvgIpc) is 2.81. The molecular formula is C25H33N3O4. The number of rotatable bonds is 8. The van der Waals surface area contributed by atoms with Crippen LogP contribution in [0.3, 0.4) is 0 Å². The summed E-state index contributed by atoms with van der Waals surface area (Å²) in [6.45, 7) is 2.88. The fourth-order valence-corrected chi connectivity index (χ4v) is 4.30. The molecule has 0 bridgehead atoms. The molecule has 7 heteroatoms. The van der Waals surface area contributed by atoms with Crippen molar-refractivity contribution in [3.05, 3.63) is 69.6 Å².